The predicted octanol–water partition coefficient (Wildman–Crippen LogP) is 2.10. The van der Waals surface area contributed by atoms with Gasteiger partial charge in [0.2, 0.25) is 11.8 Å². The zero-order chi connectivity index (χ0) is 30.7. The van der Waals surface area contributed by atoms with Crippen molar-refractivity contribution in [2.45, 2.75) is 58.0 Å². The molecule has 3 rings (SSSR count). The summed E-state index contributed by atoms with van der Waals surface area (Å²) in [5.74, 6) is -0.759. The van der Waals surface area contributed by atoms with Gasteiger partial charge in [0.05, 0.1) is 57.3 Å². The number of hydrogen-bond donors (Lipinski definition) is 2. The number of carbonyl (C=O) groups excluding carboxylic acids is 2. The molecule has 1 aliphatic rings. The number of nitrogens with one attached hydrogen (secondary N) is 1. The molecule has 0 bridgehead atoms. The second kappa shape index (κ2) is 15.8. The Bertz CT molecular complexity index is 1260. The lowest BCUT2D eigenvalue weighted by molar-refractivity contribution is -0.135. The van der Waals surface area contributed by atoms with Gasteiger partial charge in [0.25, 0.3) is 0 Å². The highest BCUT2D eigenvalue weighted by atomic mass is 16.6. The maximum atomic E-state index is 13.0. The number of para-hydroxylation sites is 1. The van der Waals surface area contributed by atoms with Gasteiger partial charge in [-0.3, -0.25) is 24.0 Å². The summed E-state index contributed by atoms with van der Waals surface area (Å²) in [5, 5.41) is 11.6. The molecule has 234 valence electrons. The minimum Gasteiger partial charge on any atom is -0.465 e. The van der Waals surface area contributed by atoms with Gasteiger partial charge in [-0.05, 0) is 51.7 Å². The molecule has 2 heterocycles. The lowest BCUT2D eigenvalue weighted by atomic mass is 10.0. The van der Waals surface area contributed by atoms with Gasteiger partial charge in [-0.15, -0.1) is 0 Å². The number of fused-ring (bicyclic) bond motifs is 1. The molecule has 1 saturated heterocycles. The van der Waals surface area contributed by atoms with Crippen LogP contribution in [0, 0.1) is 0 Å². The van der Waals surface area contributed by atoms with Crippen LogP contribution in [0.15, 0.2) is 23.0 Å². The molecule has 1 atom stereocenters. The largest absolute Gasteiger partial charge is 0.465 e. The highest BCUT2D eigenvalue weighted by Crippen LogP contribution is 2.25. The van der Waals surface area contributed by atoms with Gasteiger partial charge in [-0.1, -0.05) is 12.1 Å². The van der Waals surface area contributed by atoms with Crippen molar-refractivity contribution in [3.63, 3.8) is 0 Å². The number of amides is 3. The molecule has 13 nitrogen and oxygen atoms in total. The van der Waals surface area contributed by atoms with Crippen molar-refractivity contribution in [3.05, 3.63) is 34.2 Å². The van der Waals surface area contributed by atoms with Crippen LogP contribution in [0.4, 0.5) is 4.79 Å². The van der Waals surface area contributed by atoms with Gasteiger partial charge < -0.3 is 29.0 Å². The van der Waals surface area contributed by atoms with E-state index in [1.54, 1.807) is 11.6 Å². The summed E-state index contributed by atoms with van der Waals surface area (Å²) in [7, 11) is 1.70. The number of nitrogens with zero attached hydrogens (tertiary/aromatic N) is 3. The number of aryl methyl sites for hydroxylation is 2. The van der Waals surface area contributed by atoms with E-state index < -0.39 is 23.6 Å². The van der Waals surface area contributed by atoms with Crippen molar-refractivity contribution in [1.82, 2.24) is 19.4 Å². The van der Waals surface area contributed by atoms with Crippen molar-refractivity contribution in [3.8, 4) is 0 Å². The molecule has 0 radical (unpaired) electrons. The predicted molar refractivity (Wildman–Crippen MR) is 155 cm³/mol. The van der Waals surface area contributed by atoms with Crippen molar-refractivity contribution < 1.29 is 38.4 Å². The van der Waals surface area contributed by atoms with Crippen LogP contribution < -0.4 is 11.0 Å². The number of carbonyl (C=O) groups is 3. The van der Waals surface area contributed by atoms with Gasteiger partial charge in [0.1, 0.15) is 6.04 Å². The third kappa shape index (κ3) is 9.12. The fourth-order valence-corrected chi connectivity index (χ4v) is 4.95. The quantitative estimate of drug-likeness (QED) is 0.208. The number of piperidine rings is 1. The first-order chi connectivity index (χ1) is 20.0. The van der Waals surface area contributed by atoms with Crippen LogP contribution in [-0.2, 0) is 42.0 Å². The molecule has 1 unspecified atom stereocenters. The molecule has 1 aromatic heterocycles. The van der Waals surface area contributed by atoms with E-state index in [0.717, 1.165) is 17.5 Å². The number of ether oxygens (including phenoxy) is 4. The van der Waals surface area contributed by atoms with Gasteiger partial charge in [-0.25, -0.2) is 9.59 Å². The lowest BCUT2D eigenvalue weighted by Crippen LogP contribution is -2.46. The van der Waals surface area contributed by atoms with E-state index in [-0.39, 0.29) is 18.0 Å². The molecule has 13 heteroatoms. The standard InChI is InChI=1S/C29H44N4O9/c1-29(2,3)32(28(37)38)12-14-40-16-18-42-20-19-41-17-15-39-13-6-8-21-7-5-9-22-25(21)31(4)27(36)33(22)23-10-11-24(34)30-26(23)35/h5,7,9,23H,6,8,10-20H2,1-4H3,(H,37,38)(H,30,34,35). The Balaban J connectivity index is 1.27. The average molecular weight is 593 g/mol. The summed E-state index contributed by atoms with van der Waals surface area (Å²) >= 11 is 0. The average Bonchev–Trinajstić information content (AvgIpc) is 3.17. The summed E-state index contributed by atoms with van der Waals surface area (Å²) in [4.78, 5) is 49.6. The normalized spacial score (nSPS) is 15.8. The van der Waals surface area contributed by atoms with Crippen LogP contribution in [0.25, 0.3) is 11.0 Å². The lowest BCUT2D eigenvalue weighted by Gasteiger charge is -2.32. The van der Waals surface area contributed by atoms with Crippen LogP contribution in [-0.4, -0.2) is 102 Å². The smallest absolute Gasteiger partial charge is 0.407 e. The first kappa shape index (κ1) is 33.2. The molecule has 2 aromatic rings. The minimum absolute atomic E-state index is 0.205. The van der Waals surface area contributed by atoms with E-state index >= 15 is 0 Å². The second-order valence-electron chi connectivity index (χ2n) is 11.1. The van der Waals surface area contributed by atoms with E-state index in [4.69, 9.17) is 18.9 Å². The van der Waals surface area contributed by atoms with Gasteiger partial charge in [-0.2, -0.15) is 0 Å². The van der Waals surface area contributed by atoms with E-state index in [1.807, 2.05) is 39.0 Å². The summed E-state index contributed by atoms with van der Waals surface area (Å²) in [6.07, 6.45) is 0.993. The molecule has 1 aliphatic heterocycles. The molecule has 2 N–H and O–H groups in total. The Hall–Kier alpha value is -3.26. The molecule has 0 spiro atoms. The number of imide groups is 1. The topological polar surface area (TPSA) is 151 Å². The Morgan fingerprint density at radius 1 is 0.976 bits per heavy atom. The fraction of sp³-hybridized carbons (Fsp3) is 0.655. The molecule has 0 aliphatic carbocycles. The molecule has 3 amide bonds. The number of imidazole rings is 1. The van der Waals surface area contributed by atoms with E-state index in [2.05, 4.69) is 5.32 Å². The first-order valence-electron chi connectivity index (χ1n) is 14.4. The Morgan fingerprint density at radius 2 is 1.57 bits per heavy atom. The van der Waals surface area contributed by atoms with Crippen LogP contribution >= 0.6 is 0 Å². The molecule has 1 aromatic carbocycles. The van der Waals surface area contributed by atoms with Crippen LogP contribution in [0.5, 0.6) is 0 Å². The number of hydrogen-bond acceptors (Lipinski definition) is 8. The molecular formula is C29H44N4O9. The summed E-state index contributed by atoms with van der Waals surface area (Å²) < 4.78 is 25.2. The van der Waals surface area contributed by atoms with Gasteiger partial charge in [0.15, 0.2) is 0 Å². The summed E-state index contributed by atoms with van der Waals surface area (Å²) in [6.45, 7) is 9.19. The number of carboxylic acid groups (broad SMARTS) is 1. The number of aromatic nitrogens is 2. The third-order valence-electron chi connectivity index (χ3n) is 7.06. The zero-order valence-electron chi connectivity index (χ0n) is 25.1. The number of benzene rings is 1. The SMILES string of the molecule is Cn1c(=O)n(C2CCC(=O)NC2=O)c2cccc(CCCOCCOCCOCCOCCN(C(=O)O)C(C)(C)C)c21. The Labute approximate surface area is 245 Å². The zero-order valence-corrected chi connectivity index (χ0v) is 25.1. The minimum atomic E-state index is -0.964. The van der Waals surface area contributed by atoms with Crippen LogP contribution in [0.2, 0.25) is 0 Å². The van der Waals surface area contributed by atoms with Gasteiger partial charge >= 0.3 is 11.8 Å². The Kier molecular flexibility index (Phi) is 12.5. The highest BCUT2D eigenvalue weighted by molar-refractivity contribution is 6.00. The van der Waals surface area contributed by atoms with E-state index in [1.165, 1.54) is 9.47 Å². The number of rotatable bonds is 17. The van der Waals surface area contributed by atoms with Crippen LogP contribution in [0.1, 0.15) is 51.6 Å². The third-order valence-corrected chi connectivity index (χ3v) is 7.06. The maximum Gasteiger partial charge on any atom is 0.407 e. The fourth-order valence-electron chi connectivity index (χ4n) is 4.95. The first-order valence-corrected chi connectivity index (χ1v) is 14.4. The molecule has 0 saturated carbocycles. The van der Waals surface area contributed by atoms with Crippen molar-refractivity contribution in [2.24, 2.45) is 7.05 Å². The molecule has 1 fully saturated rings. The Morgan fingerprint density at radius 3 is 2.14 bits per heavy atom. The van der Waals surface area contributed by atoms with E-state index in [9.17, 15) is 24.3 Å². The second-order valence-corrected chi connectivity index (χ2v) is 11.1. The monoisotopic (exact) mass is 592 g/mol. The van der Waals surface area contributed by atoms with Crippen LogP contribution in [0.3, 0.4) is 0 Å². The van der Waals surface area contributed by atoms with Crippen molar-refractivity contribution in [2.75, 3.05) is 59.4 Å². The molecular weight excluding hydrogens is 548 g/mol. The van der Waals surface area contributed by atoms with Gasteiger partial charge in [0, 0.05) is 32.2 Å². The molecule has 42 heavy (non-hydrogen) atoms. The summed E-state index contributed by atoms with van der Waals surface area (Å²) in [6, 6.07) is 4.98. The summed E-state index contributed by atoms with van der Waals surface area (Å²) in [5.41, 5.74) is 1.71. The maximum absolute atomic E-state index is 13.0. The van der Waals surface area contributed by atoms with E-state index in [0.29, 0.717) is 77.8 Å². The highest BCUT2D eigenvalue weighted by Gasteiger charge is 2.31. The van der Waals surface area contributed by atoms with Crippen molar-refractivity contribution >= 4 is 28.9 Å². The van der Waals surface area contributed by atoms with Crippen molar-refractivity contribution in [1.29, 1.82) is 0 Å².